The summed E-state index contributed by atoms with van der Waals surface area (Å²) >= 11 is 0. The number of hydrogen-bond donors (Lipinski definition) is 1. The van der Waals surface area contributed by atoms with E-state index >= 15 is 0 Å². The number of aliphatic hydroxyl groups is 1. The SMILES string of the molecule is CCCCC/C=C\C/C=C\CCCCCCCC(=O)OCC(O)COC(=O)CCCCCCC/C=C\C/C=C\CCCCC. The molecule has 0 rings (SSSR count). The van der Waals surface area contributed by atoms with Crippen LogP contribution < -0.4 is 0 Å². The molecule has 44 heavy (non-hydrogen) atoms. The Morgan fingerprint density at radius 3 is 1.16 bits per heavy atom. The van der Waals surface area contributed by atoms with Crippen molar-refractivity contribution in [3.63, 3.8) is 0 Å². The van der Waals surface area contributed by atoms with Crippen molar-refractivity contribution in [2.75, 3.05) is 13.2 Å². The molecule has 0 atom stereocenters. The van der Waals surface area contributed by atoms with Gasteiger partial charge in [0, 0.05) is 12.8 Å². The van der Waals surface area contributed by atoms with Crippen molar-refractivity contribution in [2.45, 2.75) is 174 Å². The van der Waals surface area contributed by atoms with Crippen molar-refractivity contribution in [1.29, 1.82) is 0 Å². The van der Waals surface area contributed by atoms with E-state index in [1.165, 1.54) is 77.0 Å². The van der Waals surface area contributed by atoms with Gasteiger partial charge in [0.25, 0.3) is 0 Å². The van der Waals surface area contributed by atoms with Crippen LogP contribution in [0, 0.1) is 0 Å². The molecule has 0 unspecified atom stereocenters. The molecule has 0 aromatic carbocycles. The van der Waals surface area contributed by atoms with Crippen LogP contribution in [0.2, 0.25) is 0 Å². The minimum Gasteiger partial charge on any atom is -0.463 e. The molecule has 0 saturated heterocycles. The molecule has 1 N–H and O–H groups in total. The Kier molecular flexibility index (Phi) is 33.6. The average Bonchev–Trinajstić information content (AvgIpc) is 3.02. The minimum absolute atomic E-state index is 0.129. The summed E-state index contributed by atoms with van der Waals surface area (Å²) in [5, 5.41) is 9.98. The predicted molar refractivity (Wildman–Crippen MR) is 187 cm³/mol. The van der Waals surface area contributed by atoms with E-state index in [-0.39, 0.29) is 25.2 Å². The summed E-state index contributed by atoms with van der Waals surface area (Å²) in [6.07, 6.45) is 42.9. The van der Waals surface area contributed by atoms with Gasteiger partial charge in [0.05, 0.1) is 0 Å². The lowest BCUT2D eigenvalue weighted by atomic mass is 10.1. The fraction of sp³-hybridized carbons (Fsp3) is 0.744. The van der Waals surface area contributed by atoms with Crippen LogP contribution in [0.5, 0.6) is 0 Å². The molecule has 5 heteroatoms. The monoisotopic (exact) mass is 617 g/mol. The van der Waals surface area contributed by atoms with Gasteiger partial charge < -0.3 is 14.6 Å². The van der Waals surface area contributed by atoms with Crippen molar-refractivity contribution >= 4 is 11.9 Å². The quantitative estimate of drug-likeness (QED) is 0.0462. The maximum absolute atomic E-state index is 11.9. The summed E-state index contributed by atoms with van der Waals surface area (Å²) in [5.74, 6) is -0.600. The van der Waals surface area contributed by atoms with Crippen molar-refractivity contribution in [3.8, 4) is 0 Å². The number of ether oxygens (including phenoxy) is 2. The van der Waals surface area contributed by atoms with E-state index in [0.717, 1.165) is 64.2 Å². The Labute approximate surface area is 271 Å². The fourth-order valence-corrected chi connectivity index (χ4v) is 4.73. The molecule has 0 amide bonds. The first kappa shape index (κ1) is 41.9. The number of carbonyl (C=O) groups is 2. The van der Waals surface area contributed by atoms with E-state index < -0.39 is 6.10 Å². The van der Waals surface area contributed by atoms with Gasteiger partial charge in [0.2, 0.25) is 0 Å². The first-order chi connectivity index (χ1) is 21.6. The maximum Gasteiger partial charge on any atom is 0.305 e. The van der Waals surface area contributed by atoms with E-state index in [1.54, 1.807) is 0 Å². The van der Waals surface area contributed by atoms with Crippen LogP contribution in [0.15, 0.2) is 48.6 Å². The van der Waals surface area contributed by atoms with E-state index in [1.807, 2.05) is 0 Å². The second-order valence-corrected chi connectivity index (χ2v) is 12.0. The van der Waals surface area contributed by atoms with Crippen LogP contribution in [0.3, 0.4) is 0 Å². The smallest absolute Gasteiger partial charge is 0.305 e. The highest BCUT2D eigenvalue weighted by atomic mass is 16.6. The summed E-state index contributed by atoms with van der Waals surface area (Å²) in [6.45, 7) is 4.21. The van der Waals surface area contributed by atoms with Gasteiger partial charge in [-0.15, -0.1) is 0 Å². The largest absolute Gasteiger partial charge is 0.463 e. The Morgan fingerprint density at radius 2 is 0.795 bits per heavy atom. The first-order valence-corrected chi connectivity index (χ1v) is 18.2. The molecule has 0 radical (unpaired) electrons. The van der Waals surface area contributed by atoms with E-state index in [4.69, 9.17) is 9.47 Å². The second kappa shape index (κ2) is 35.3. The predicted octanol–water partition coefficient (Wildman–Crippen LogP) is 11.1. The third-order valence-corrected chi connectivity index (χ3v) is 7.54. The molecule has 0 aliphatic rings. The Balaban J connectivity index is 3.51. The molecule has 0 aliphatic carbocycles. The molecule has 0 heterocycles. The number of unbranched alkanes of at least 4 members (excludes halogenated alkanes) is 16. The normalized spacial score (nSPS) is 12.1. The van der Waals surface area contributed by atoms with Crippen LogP contribution >= 0.6 is 0 Å². The summed E-state index contributed by atoms with van der Waals surface area (Å²) in [5.41, 5.74) is 0. The van der Waals surface area contributed by atoms with Gasteiger partial charge in [-0.25, -0.2) is 0 Å². The van der Waals surface area contributed by atoms with Crippen LogP contribution in [-0.4, -0.2) is 36.4 Å². The average molecular weight is 617 g/mol. The summed E-state index contributed by atoms with van der Waals surface area (Å²) in [7, 11) is 0. The zero-order valence-corrected chi connectivity index (χ0v) is 28.7. The van der Waals surface area contributed by atoms with Gasteiger partial charge in [-0.1, -0.05) is 127 Å². The maximum atomic E-state index is 11.9. The Bertz CT molecular complexity index is 690. The zero-order chi connectivity index (χ0) is 32.2. The van der Waals surface area contributed by atoms with Crippen LogP contribution in [0.25, 0.3) is 0 Å². The number of aliphatic hydroxyl groups excluding tert-OH is 1. The summed E-state index contributed by atoms with van der Waals surface area (Å²) in [4.78, 5) is 23.9. The van der Waals surface area contributed by atoms with Gasteiger partial charge in [0.1, 0.15) is 19.3 Å². The zero-order valence-electron chi connectivity index (χ0n) is 28.7. The molecular formula is C39H68O5. The minimum atomic E-state index is -0.975. The topological polar surface area (TPSA) is 72.8 Å². The first-order valence-electron chi connectivity index (χ1n) is 18.2. The standard InChI is InChI=1S/C39H68O5/c1-3-5-7-9-11-13-15-17-19-21-23-25-27-29-31-33-38(41)43-35-37(40)36-44-39(42)34-32-30-28-26-24-22-20-18-16-14-12-10-8-6-4-2/h11-14,17-20,37,40H,3-10,15-16,21-36H2,1-2H3/b13-11-,14-12-,19-17-,20-18-. The van der Waals surface area contributed by atoms with Crippen LogP contribution in [0.4, 0.5) is 0 Å². The van der Waals surface area contributed by atoms with Crippen LogP contribution in [0.1, 0.15) is 168 Å². The van der Waals surface area contributed by atoms with Crippen molar-refractivity contribution in [1.82, 2.24) is 0 Å². The number of rotatable bonds is 32. The molecule has 0 fully saturated rings. The van der Waals surface area contributed by atoms with Gasteiger partial charge in [0.15, 0.2) is 0 Å². The summed E-state index contributed by atoms with van der Waals surface area (Å²) < 4.78 is 10.3. The van der Waals surface area contributed by atoms with Crippen molar-refractivity contribution in [3.05, 3.63) is 48.6 Å². The molecule has 0 aliphatic heterocycles. The van der Waals surface area contributed by atoms with Gasteiger partial charge in [-0.05, 0) is 77.0 Å². The molecule has 0 saturated carbocycles. The number of hydrogen-bond acceptors (Lipinski definition) is 5. The van der Waals surface area contributed by atoms with Crippen LogP contribution in [-0.2, 0) is 19.1 Å². The van der Waals surface area contributed by atoms with Crippen molar-refractivity contribution in [2.24, 2.45) is 0 Å². The molecule has 0 bridgehead atoms. The van der Waals surface area contributed by atoms with E-state index in [9.17, 15) is 14.7 Å². The highest BCUT2D eigenvalue weighted by Gasteiger charge is 2.12. The lowest BCUT2D eigenvalue weighted by molar-refractivity contribution is -0.152. The van der Waals surface area contributed by atoms with E-state index in [0.29, 0.717) is 12.8 Å². The lowest BCUT2D eigenvalue weighted by Crippen LogP contribution is -2.25. The Morgan fingerprint density at radius 1 is 0.477 bits per heavy atom. The fourth-order valence-electron chi connectivity index (χ4n) is 4.73. The van der Waals surface area contributed by atoms with Gasteiger partial charge in [-0.3, -0.25) is 9.59 Å². The molecule has 0 aromatic rings. The van der Waals surface area contributed by atoms with E-state index in [2.05, 4.69) is 62.5 Å². The third-order valence-electron chi connectivity index (χ3n) is 7.54. The lowest BCUT2D eigenvalue weighted by Gasteiger charge is -2.12. The highest BCUT2D eigenvalue weighted by Crippen LogP contribution is 2.10. The number of esters is 2. The van der Waals surface area contributed by atoms with Gasteiger partial charge in [-0.2, -0.15) is 0 Å². The Hall–Kier alpha value is -2.14. The molecular weight excluding hydrogens is 548 g/mol. The highest BCUT2D eigenvalue weighted by molar-refractivity contribution is 5.69. The molecule has 5 nitrogen and oxygen atoms in total. The van der Waals surface area contributed by atoms with Crippen molar-refractivity contribution < 1.29 is 24.2 Å². The summed E-state index contributed by atoms with van der Waals surface area (Å²) in [6, 6.07) is 0. The number of carbonyl (C=O) groups excluding carboxylic acids is 2. The number of allylic oxidation sites excluding steroid dienone is 8. The molecule has 0 aromatic heterocycles. The van der Waals surface area contributed by atoms with Gasteiger partial charge >= 0.3 is 11.9 Å². The third kappa shape index (κ3) is 34.4. The second-order valence-electron chi connectivity index (χ2n) is 12.0. The molecule has 254 valence electrons. The molecule has 0 spiro atoms.